The number of nitrogens with two attached hydrogens (primary N) is 1. The zero-order valence-electron chi connectivity index (χ0n) is 10.9. The molecule has 3 aromatic rings. The molecule has 0 radical (unpaired) electrons. The number of aromatic nitrogens is 1. The summed E-state index contributed by atoms with van der Waals surface area (Å²) in [6.07, 6.45) is 1.48. The van der Waals surface area contributed by atoms with Crippen molar-refractivity contribution in [3.63, 3.8) is 0 Å². The number of nitrogens with zero attached hydrogens (tertiary/aromatic N) is 1. The van der Waals surface area contributed by atoms with E-state index in [2.05, 4.69) is 0 Å². The summed E-state index contributed by atoms with van der Waals surface area (Å²) >= 11 is 5.82. The fourth-order valence-electron chi connectivity index (χ4n) is 2.28. The van der Waals surface area contributed by atoms with E-state index in [1.165, 1.54) is 10.8 Å². The van der Waals surface area contributed by atoms with E-state index in [1.54, 1.807) is 48.5 Å². The highest BCUT2D eigenvalue weighted by Crippen LogP contribution is 2.22. The van der Waals surface area contributed by atoms with Gasteiger partial charge in [0.25, 0.3) is 11.8 Å². The largest absolute Gasteiger partial charge is 0.366 e. The Morgan fingerprint density at radius 2 is 1.67 bits per heavy atom. The molecule has 0 unspecified atom stereocenters. The minimum absolute atomic E-state index is 0.240. The quantitative estimate of drug-likeness (QED) is 0.790. The van der Waals surface area contributed by atoms with Gasteiger partial charge < -0.3 is 5.73 Å². The molecule has 0 saturated heterocycles. The number of amides is 1. The van der Waals surface area contributed by atoms with Crippen LogP contribution < -0.4 is 5.73 Å². The molecule has 1 heterocycles. The molecule has 0 atom stereocenters. The second kappa shape index (κ2) is 5.07. The van der Waals surface area contributed by atoms with Gasteiger partial charge in [0.1, 0.15) is 0 Å². The number of fused-ring (bicyclic) bond motifs is 1. The van der Waals surface area contributed by atoms with Crippen LogP contribution in [0.5, 0.6) is 0 Å². The Balaban J connectivity index is 2.18. The average Bonchev–Trinajstić information content (AvgIpc) is 2.87. The number of halogens is 1. The molecule has 21 heavy (non-hydrogen) atoms. The summed E-state index contributed by atoms with van der Waals surface area (Å²) in [4.78, 5) is 24.1. The molecule has 2 N–H and O–H groups in total. The molecule has 4 nitrogen and oxygen atoms in total. The Hall–Kier alpha value is -2.59. The van der Waals surface area contributed by atoms with Crippen molar-refractivity contribution in [3.8, 4) is 0 Å². The highest BCUT2D eigenvalue weighted by molar-refractivity contribution is 6.30. The maximum Gasteiger partial charge on any atom is 0.262 e. The summed E-state index contributed by atoms with van der Waals surface area (Å²) in [7, 11) is 0. The maximum absolute atomic E-state index is 12.6. The molecular formula is C16H11ClN2O2. The number of hydrogen-bond acceptors (Lipinski definition) is 2. The lowest BCUT2D eigenvalue weighted by Gasteiger charge is -2.04. The molecule has 0 aliphatic rings. The van der Waals surface area contributed by atoms with Gasteiger partial charge in [0.15, 0.2) is 0 Å². The number of para-hydroxylation sites is 1. The van der Waals surface area contributed by atoms with Gasteiger partial charge in [-0.15, -0.1) is 0 Å². The third-order valence-corrected chi connectivity index (χ3v) is 3.54. The van der Waals surface area contributed by atoms with E-state index in [0.29, 0.717) is 27.1 Å². The van der Waals surface area contributed by atoms with Gasteiger partial charge in [0, 0.05) is 22.2 Å². The van der Waals surface area contributed by atoms with Crippen LogP contribution in [0.25, 0.3) is 10.9 Å². The first-order chi connectivity index (χ1) is 10.1. The smallest absolute Gasteiger partial charge is 0.262 e. The Morgan fingerprint density at radius 3 is 2.33 bits per heavy atom. The average molecular weight is 299 g/mol. The van der Waals surface area contributed by atoms with E-state index in [9.17, 15) is 9.59 Å². The first-order valence-electron chi connectivity index (χ1n) is 6.28. The first kappa shape index (κ1) is 13.4. The van der Waals surface area contributed by atoms with Crippen molar-refractivity contribution in [1.82, 2.24) is 4.57 Å². The lowest BCUT2D eigenvalue weighted by atomic mass is 10.2. The van der Waals surface area contributed by atoms with Gasteiger partial charge in [-0.05, 0) is 30.3 Å². The fourth-order valence-corrected chi connectivity index (χ4v) is 2.40. The van der Waals surface area contributed by atoms with Gasteiger partial charge in [-0.25, -0.2) is 0 Å². The summed E-state index contributed by atoms with van der Waals surface area (Å²) in [6, 6.07) is 13.7. The maximum atomic E-state index is 12.6. The Bertz CT molecular complexity index is 850. The van der Waals surface area contributed by atoms with Gasteiger partial charge >= 0.3 is 0 Å². The van der Waals surface area contributed by atoms with Crippen LogP contribution in [0.4, 0.5) is 0 Å². The van der Waals surface area contributed by atoms with Gasteiger partial charge in [-0.2, -0.15) is 0 Å². The Morgan fingerprint density at radius 1 is 1.00 bits per heavy atom. The van der Waals surface area contributed by atoms with Crippen molar-refractivity contribution in [1.29, 1.82) is 0 Å². The lowest BCUT2D eigenvalue weighted by molar-refractivity contribution is 0.0965. The van der Waals surface area contributed by atoms with Crippen LogP contribution in [-0.2, 0) is 0 Å². The van der Waals surface area contributed by atoms with Crippen molar-refractivity contribution in [2.45, 2.75) is 0 Å². The zero-order valence-corrected chi connectivity index (χ0v) is 11.7. The predicted molar refractivity (Wildman–Crippen MR) is 81.6 cm³/mol. The van der Waals surface area contributed by atoms with Crippen LogP contribution >= 0.6 is 11.6 Å². The molecule has 3 rings (SSSR count). The summed E-state index contributed by atoms with van der Waals surface area (Å²) in [6.45, 7) is 0. The van der Waals surface area contributed by atoms with Gasteiger partial charge in [0.2, 0.25) is 0 Å². The highest BCUT2D eigenvalue weighted by Gasteiger charge is 2.17. The van der Waals surface area contributed by atoms with Gasteiger partial charge in [0.05, 0.1) is 11.1 Å². The number of carbonyl (C=O) groups excluding carboxylic acids is 2. The van der Waals surface area contributed by atoms with Crippen molar-refractivity contribution in [3.05, 3.63) is 70.9 Å². The standard InChI is InChI=1S/C16H11ClN2O2/c17-11-7-5-10(6-8-11)16(21)19-9-13(15(18)20)12-3-1-2-4-14(12)19/h1-9H,(H2,18,20). The number of primary amides is 1. The Kier molecular flexibility index (Phi) is 3.23. The van der Waals surface area contributed by atoms with E-state index in [-0.39, 0.29) is 5.91 Å². The van der Waals surface area contributed by atoms with Crippen LogP contribution in [0.1, 0.15) is 20.7 Å². The molecule has 1 aromatic heterocycles. The normalized spacial score (nSPS) is 10.7. The summed E-state index contributed by atoms with van der Waals surface area (Å²) in [5.41, 5.74) is 6.82. The van der Waals surface area contributed by atoms with E-state index in [4.69, 9.17) is 17.3 Å². The van der Waals surface area contributed by atoms with Crippen molar-refractivity contribution in [2.24, 2.45) is 5.73 Å². The second-order valence-electron chi connectivity index (χ2n) is 4.61. The highest BCUT2D eigenvalue weighted by atomic mass is 35.5. The Labute approximate surface area is 125 Å². The molecular weight excluding hydrogens is 288 g/mol. The topological polar surface area (TPSA) is 65.1 Å². The van der Waals surface area contributed by atoms with Crippen LogP contribution in [0.3, 0.4) is 0 Å². The molecule has 0 saturated carbocycles. The predicted octanol–water partition coefficient (Wildman–Crippen LogP) is 3.08. The zero-order chi connectivity index (χ0) is 15.0. The summed E-state index contributed by atoms with van der Waals surface area (Å²) in [5.74, 6) is -0.802. The minimum Gasteiger partial charge on any atom is -0.366 e. The van der Waals surface area contributed by atoms with Gasteiger partial charge in [-0.3, -0.25) is 14.2 Å². The number of rotatable bonds is 2. The fraction of sp³-hybridized carbons (Fsp3) is 0. The third kappa shape index (κ3) is 2.30. The van der Waals surface area contributed by atoms with Crippen LogP contribution in [0, 0.1) is 0 Å². The van der Waals surface area contributed by atoms with E-state index in [0.717, 1.165) is 0 Å². The number of carbonyl (C=O) groups is 2. The monoisotopic (exact) mass is 298 g/mol. The molecule has 0 aliphatic heterocycles. The SMILES string of the molecule is NC(=O)c1cn(C(=O)c2ccc(Cl)cc2)c2ccccc12. The molecule has 0 bridgehead atoms. The van der Waals surface area contributed by atoms with Crippen LogP contribution in [0.2, 0.25) is 5.02 Å². The van der Waals surface area contributed by atoms with Crippen molar-refractivity contribution < 1.29 is 9.59 Å². The molecule has 0 fully saturated rings. The third-order valence-electron chi connectivity index (χ3n) is 3.29. The van der Waals surface area contributed by atoms with E-state index in [1.807, 2.05) is 0 Å². The molecule has 5 heteroatoms. The molecule has 1 amide bonds. The van der Waals surface area contributed by atoms with Crippen LogP contribution in [-0.4, -0.2) is 16.4 Å². The first-order valence-corrected chi connectivity index (χ1v) is 6.66. The summed E-state index contributed by atoms with van der Waals surface area (Å²) < 4.78 is 1.43. The number of benzene rings is 2. The summed E-state index contributed by atoms with van der Waals surface area (Å²) in [5, 5.41) is 1.22. The van der Waals surface area contributed by atoms with E-state index >= 15 is 0 Å². The second-order valence-corrected chi connectivity index (χ2v) is 5.04. The van der Waals surface area contributed by atoms with Crippen molar-refractivity contribution in [2.75, 3.05) is 0 Å². The molecule has 104 valence electrons. The van der Waals surface area contributed by atoms with Crippen LogP contribution in [0.15, 0.2) is 54.7 Å². The van der Waals surface area contributed by atoms with Gasteiger partial charge in [-0.1, -0.05) is 29.8 Å². The van der Waals surface area contributed by atoms with E-state index < -0.39 is 5.91 Å². The minimum atomic E-state index is -0.561. The molecule has 2 aromatic carbocycles. The van der Waals surface area contributed by atoms with Crippen molar-refractivity contribution >= 4 is 34.3 Å². The lowest BCUT2D eigenvalue weighted by Crippen LogP contribution is -2.12. The molecule has 0 spiro atoms. The number of hydrogen-bond donors (Lipinski definition) is 1. The molecule has 0 aliphatic carbocycles.